The van der Waals surface area contributed by atoms with Crippen molar-refractivity contribution in [1.29, 1.82) is 0 Å². The van der Waals surface area contributed by atoms with E-state index < -0.39 is 0 Å². The smallest absolute Gasteiger partial charge is 0.116 e. The van der Waals surface area contributed by atoms with E-state index in [1.165, 1.54) is 57.0 Å². The quantitative estimate of drug-likeness (QED) is 0.737. The average Bonchev–Trinajstić information content (AvgIpc) is 3.09. The van der Waals surface area contributed by atoms with Crippen molar-refractivity contribution in [2.24, 2.45) is 0 Å². The third kappa shape index (κ3) is 2.67. The van der Waals surface area contributed by atoms with Crippen LogP contribution in [-0.2, 0) is 0 Å². The second kappa shape index (κ2) is 6.29. The van der Waals surface area contributed by atoms with Crippen molar-refractivity contribution in [3.8, 4) is 0 Å². The molecule has 0 radical (unpaired) electrons. The molecule has 1 fully saturated rings. The van der Waals surface area contributed by atoms with Gasteiger partial charge < -0.3 is 5.01 Å². The topological polar surface area (TPSA) is 21.1 Å². The normalized spacial score (nSPS) is 19.1. The lowest BCUT2D eigenvalue weighted by molar-refractivity contribution is 0.488. The van der Waals surface area contributed by atoms with Crippen LogP contribution < -0.4 is 5.01 Å². The molecule has 1 atom stereocenters. The summed E-state index contributed by atoms with van der Waals surface area (Å²) in [6, 6.07) is 9.13. The summed E-state index contributed by atoms with van der Waals surface area (Å²) in [6.45, 7) is 3.44. The molecular weight excluding hydrogens is 246 g/mol. The van der Waals surface area contributed by atoms with Crippen molar-refractivity contribution < 1.29 is 0 Å². The van der Waals surface area contributed by atoms with E-state index >= 15 is 0 Å². The summed E-state index contributed by atoms with van der Waals surface area (Å²) in [5.74, 6) is 0. The molecule has 0 aliphatic carbocycles. The van der Waals surface area contributed by atoms with Gasteiger partial charge in [-0.2, -0.15) is 0 Å². The molecule has 0 N–H and O–H groups in total. The molecule has 3 nitrogen and oxygen atoms in total. The van der Waals surface area contributed by atoms with Gasteiger partial charge in [-0.15, -0.1) is 0 Å². The van der Waals surface area contributed by atoms with Crippen molar-refractivity contribution in [3.05, 3.63) is 30.6 Å². The molecule has 20 heavy (non-hydrogen) atoms. The minimum absolute atomic E-state index is 0.699. The Morgan fingerprint density at radius 3 is 3.00 bits per heavy atom. The Morgan fingerprint density at radius 1 is 1.20 bits per heavy atom. The maximum Gasteiger partial charge on any atom is 0.116 e. The Kier molecular flexibility index (Phi) is 4.24. The molecule has 2 aromatic rings. The van der Waals surface area contributed by atoms with E-state index in [2.05, 4.69) is 45.9 Å². The molecule has 1 aromatic carbocycles. The van der Waals surface area contributed by atoms with E-state index in [0.29, 0.717) is 6.04 Å². The van der Waals surface area contributed by atoms with Crippen LogP contribution in [-0.4, -0.2) is 22.2 Å². The first-order valence-corrected chi connectivity index (χ1v) is 8.09. The SMILES string of the molecule is CCCCCC[C@H]1CCCN1n1cnc2ccccc21. The summed E-state index contributed by atoms with van der Waals surface area (Å²) < 4.78 is 2.28. The third-order valence-electron chi connectivity index (χ3n) is 4.45. The number of nitrogens with zero attached hydrogens (tertiary/aromatic N) is 3. The van der Waals surface area contributed by atoms with Crippen LogP contribution in [0.25, 0.3) is 11.0 Å². The zero-order valence-electron chi connectivity index (χ0n) is 12.5. The summed E-state index contributed by atoms with van der Waals surface area (Å²) in [5.41, 5.74) is 2.34. The summed E-state index contributed by atoms with van der Waals surface area (Å²) >= 11 is 0. The van der Waals surface area contributed by atoms with Gasteiger partial charge in [-0.25, -0.2) is 9.66 Å². The second-order valence-corrected chi connectivity index (χ2v) is 5.89. The molecule has 2 heterocycles. The van der Waals surface area contributed by atoms with Crippen LogP contribution in [0.3, 0.4) is 0 Å². The summed E-state index contributed by atoms with van der Waals surface area (Å²) in [6.07, 6.45) is 11.4. The lowest BCUT2D eigenvalue weighted by Crippen LogP contribution is -2.38. The zero-order valence-corrected chi connectivity index (χ0v) is 12.5. The summed E-state index contributed by atoms with van der Waals surface area (Å²) in [7, 11) is 0. The maximum absolute atomic E-state index is 4.53. The van der Waals surface area contributed by atoms with E-state index in [1.54, 1.807) is 0 Å². The molecule has 108 valence electrons. The van der Waals surface area contributed by atoms with Gasteiger partial charge in [0, 0.05) is 12.6 Å². The molecule has 3 heteroatoms. The molecule has 1 aliphatic rings. The van der Waals surface area contributed by atoms with Gasteiger partial charge in [-0.3, -0.25) is 0 Å². The largest absolute Gasteiger partial charge is 0.308 e. The molecule has 0 unspecified atom stereocenters. The number of aromatic nitrogens is 2. The van der Waals surface area contributed by atoms with Gasteiger partial charge in [0.05, 0.1) is 11.0 Å². The van der Waals surface area contributed by atoms with E-state index in [0.717, 1.165) is 5.52 Å². The Labute approximate surface area is 121 Å². The maximum atomic E-state index is 4.53. The molecular formula is C17H25N3. The van der Waals surface area contributed by atoms with Gasteiger partial charge in [0.25, 0.3) is 0 Å². The monoisotopic (exact) mass is 271 g/mol. The summed E-state index contributed by atoms with van der Waals surface area (Å²) in [5, 5.41) is 2.53. The van der Waals surface area contributed by atoms with Gasteiger partial charge in [-0.05, 0) is 31.4 Å². The van der Waals surface area contributed by atoms with Crippen molar-refractivity contribution in [2.75, 3.05) is 11.6 Å². The molecule has 0 saturated carbocycles. The number of hydrogen-bond donors (Lipinski definition) is 0. The predicted octanol–water partition coefficient (Wildman–Crippen LogP) is 4.11. The minimum atomic E-state index is 0.699. The van der Waals surface area contributed by atoms with Gasteiger partial charge in [0.2, 0.25) is 0 Å². The number of hydrogen-bond acceptors (Lipinski definition) is 2. The predicted molar refractivity (Wildman–Crippen MR) is 84.6 cm³/mol. The molecule has 1 aromatic heterocycles. The Morgan fingerprint density at radius 2 is 2.10 bits per heavy atom. The minimum Gasteiger partial charge on any atom is -0.308 e. The second-order valence-electron chi connectivity index (χ2n) is 5.89. The fourth-order valence-electron chi connectivity index (χ4n) is 3.36. The number of benzene rings is 1. The van der Waals surface area contributed by atoms with E-state index in [9.17, 15) is 0 Å². The van der Waals surface area contributed by atoms with E-state index in [1.807, 2.05) is 6.33 Å². The number of imidazole rings is 1. The molecule has 0 spiro atoms. The highest BCUT2D eigenvalue weighted by Crippen LogP contribution is 2.24. The molecule has 1 saturated heterocycles. The number of unbranched alkanes of at least 4 members (excludes halogenated alkanes) is 3. The van der Waals surface area contributed by atoms with Crippen molar-refractivity contribution in [3.63, 3.8) is 0 Å². The van der Waals surface area contributed by atoms with Crippen molar-refractivity contribution in [1.82, 2.24) is 9.66 Å². The van der Waals surface area contributed by atoms with Crippen LogP contribution >= 0.6 is 0 Å². The van der Waals surface area contributed by atoms with Gasteiger partial charge in [0.15, 0.2) is 0 Å². The fourth-order valence-corrected chi connectivity index (χ4v) is 3.36. The van der Waals surface area contributed by atoms with E-state index in [-0.39, 0.29) is 0 Å². The number of rotatable bonds is 6. The number of fused-ring (bicyclic) bond motifs is 1. The van der Waals surface area contributed by atoms with Crippen LogP contribution in [0.15, 0.2) is 30.6 Å². The van der Waals surface area contributed by atoms with Crippen LogP contribution in [0.2, 0.25) is 0 Å². The highest BCUT2D eigenvalue weighted by Gasteiger charge is 2.25. The van der Waals surface area contributed by atoms with Crippen molar-refractivity contribution >= 4 is 11.0 Å². The van der Waals surface area contributed by atoms with E-state index in [4.69, 9.17) is 0 Å². The average molecular weight is 271 g/mol. The van der Waals surface area contributed by atoms with Crippen LogP contribution in [0, 0.1) is 0 Å². The Hall–Kier alpha value is -1.51. The van der Waals surface area contributed by atoms with Gasteiger partial charge >= 0.3 is 0 Å². The Balaban J connectivity index is 1.71. The first-order chi connectivity index (χ1) is 9.90. The first-order valence-electron chi connectivity index (χ1n) is 8.09. The molecule has 0 bridgehead atoms. The summed E-state index contributed by atoms with van der Waals surface area (Å²) in [4.78, 5) is 4.53. The highest BCUT2D eigenvalue weighted by molar-refractivity contribution is 5.75. The van der Waals surface area contributed by atoms with Gasteiger partial charge in [-0.1, -0.05) is 44.7 Å². The zero-order chi connectivity index (χ0) is 13.8. The fraction of sp³-hybridized carbons (Fsp3) is 0.588. The van der Waals surface area contributed by atoms with Crippen LogP contribution in [0.5, 0.6) is 0 Å². The first kappa shape index (κ1) is 13.5. The molecule has 0 amide bonds. The Bertz CT molecular complexity index is 546. The standard InChI is InChI=1S/C17H25N3/c1-2-3-4-5-9-15-10-8-13-19(15)20-14-18-16-11-6-7-12-17(16)20/h6-7,11-12,14-15H,2-5,8-10,13H2,1H3/t15-/m0/s1. The number of para-hydroxylation sites is 2. The highest BCUT2D eigenvalue weighted by atomic mass is 15.6. The lowest BCUT2D eigenvalue weighted by Gasteiger charge is -2.28. The third-order valence-corrected chi connectivity index (χ3v) is 4.45. The van der Waals surface area contributed by atoms with Gasteiger partial charge in [0.1, 0.15) is 6.33 Å². The molecule has 3 rings (SSSR count). The molecule has 1 aliphatic heterocycles. The van der Waals surface area contributed by atoms with Crippen molar-refractivity contribution in [2.45, 2.75) is 57.9 Å². The van der Waals surface area contributed by atoms with Crippen LogP contribution in [0.1, 0.15) is 51.9 Å². The lowest BCUT2D eigenvalue weighted by atomic mass is 10.1. The van der Waals surface area contributed by atoms with Crippen LogP contribution in [0.4, 0.5) is 0 Å².